The van der Waals surface area contributed by atoms with Gasteiger partial charge in [-0.25, -0.2) is 0 Å². The molecule has 0 unspecified atom stereocenters. The second-order valence-corrected chi connectivity index (χ2v) is 14.5. The van der Waals surface area contributed by atoms with Crippen molar-refractivity contribution in [2.45, 2.75) is 91.5 Å². The molecule has 0 N–H and O–H groups in total. The van der Waals surface area contributed by atoms with Crippen molar-refractivity contribution in [3.63, 3.8) is 0 Å². The van der Waals surface area contributed by atoms with Crippen molar-refractivity contribution in [1.29, 1.82) is 0 Å². The highest BCUT2D eigenvalue weighted by molar-refractivity contribution is 6.74. The minimum Gasteiger partial charge on any atom is -0.410 e. The Balaban J connectivity index is 3.14. The fraction of sp³-hybridized carbons (Fsp3) is 0.944. The van der Waals surface area contributed by atoms with E-state index < -0.39 is 14.1 Å². The minimum absolute atomic E-state index is 0.0749. The first kappa shape index (κ1) is 20.8. The molecule has 1 aliphatic heterocycles. The SMILES string of the molecule is CC1(C)OC[C@H]([C@@H](O[Si](C)(C)C(C)(C)C)[C@@H](C=O)C(C)(C)C)O1. The average Bonchev–Trinajstić information content (AvgIpc) is 2.65. The third-order valence-corrected chi connectivity index (χ3v) is 9.61. The molecule has 3 atom stereocenters. The Bertz CT molecular complexity index is 418. The molecule has 1 heterocycles. The zero-order chi connectivity index (χ0) is 18.3. The van der Waals surface area contributed by atoms with E-state index in [0.717, 1.165) is 6.29 Å². The number of carbonyl (C=O) groups is 1. The van der Waals surface area contributed by atoms with Gasteiger partial charge < -0.3 is 18.7 Å². The van der Waals surface area contributed by atoms with Crippen molar-refractivity contribution in [2.24, 2.45) is 11.3 Å². The number of rotatable bonds is 5. The van der Waals surface area contributed by atoms with Crippen molar-refractivity contribution in [2.75, 3.05) is 6.61 Å². The van der Waals surface area contributed by atoms with E-state index >= 15 is 0 Å². The summed E-state index contributed by atoms with van der Waals surface area (Å²) >= 11 is 0. The van der Waals surface area contributed by atoms with Crippen LogP contribution in [-0.4, -0.2) is 39.2 Å². The molecule has 0 aromatic heterocycles. The van der Waals surface area contributed by atoms with E-state index in [9.17, 15) is 4.79 Å². The van der Waals surface area contributed by atoms with Gasteiger partial charge in [-0.1, -0.05) is 41.5 Å². The number of hydrogen-bond acceptors (Lipinski definition) is 4. The Morgan fingerprint density at radius 1 is 1.17 bits per heavy atom. The van der Waals surface area contributed by atoms with Crippen molar-refractivity contribution in [1.82, 2.24) is 0 Å². The van der Waals surface area contributed by atoms with Gasteiger partial charge in [0.2, 0.25) is 0 Å². The molecule has 0 radical (unpaired) electrons. The molecule has 0 amide bonds. The van der Waals surface area contributed by atoms with Crippen LogP contribution in [0.4, 0.5) is 0 Å². The van der Waals surface area contributed by atoms with E-state index in [-0.39, 0.29) is 28.6 Å². The zero-order valence-electron chi connectivity index (χ0n) is 16.6. The average molecular weight is 345 g/mol. The fourth-order valence-electron chi connectivity index (χ4n) is 2.55. The fourth-order valence-corrected chi connectivity index (χ4v) is 3.88. The van der Waals surface area contributed by atoms with Crippen LogP contribution in [0.5, 0.6) is 0 Å². The normalized spacial score (nSPS) is 25.2. The quantitative estimate of drug-likeness (QED) is 0.548. The Labute approximate surface area is 143 Å². The van der Waals surface area contributed by atoms with Crippen molar-refractivity contribution in [3.05, 3.63) is 0 Å². The van der Waals surface area contributed by atoms with Gasteiger partial charge in [0.05, 0.1) is 12.7 Å². The molecular formula is C18H36O4Si. The Morgan fingerprint density at radius 3 is 2.00 bits per heavy atom. The maximum Gasteiger partial charge on any atom is 0.192 e. The van der Waals surface area contributed by atoms with Crippen LogP contribution in [0.25, 0.3) is 0 Å². The number of hydrogen-bond donors (Lipinski definition) is 0. The molecule has 136 valence electrons. The predicted molar refractivity (Wildman–Crippen MR) is 96.0 cm³/mol. The molecule has 23 heavy (non-hydrogen) atoms. The monoisotopic (exact) mass is 344 g/mol. The molecule has 0 aromatic rings. The minimum atomic E-state index is -2.03. The van der Waals surface area contributed by atoms with E-state index in [1.807, 2.05) is 13.8 Å². The van der Waals surface area contributed by atoms with Crippen molar-refractivity contribution < 1.29 is 18.7 Å². The molecule has 0 spiro atoms. The lowest BCUT2D eigenvalue weighted by Gasteiger charge is -2.44. The third kappa shape index (κ3) is 5.12. The maximum atomic E-state index is 11.9. The topological polar surface area (TPSA) is 44.8 Å². The highest BCUT2D eigenvalue weighted by atomic mass is 28.4. The first-order valence-electron chi connectivity index (χ1n) is 8.56. The van der Waals surface area contributed by atoms with Gasteiger partial charge in [-0.3, -0.25) is 0 Å². The van der Waals surface area contributed by atoms with Crippen LogP contribution in [0.2, 0.25) is 18.1 Å². The van der Waals surface area contributed by atoms with E-state index in [1.54, 1.807) is 0 Å². The summed E-state index contributed by atoms with van der Waals surface area (Å²) in [5.41, 5.74) is -0.190. The van der Waals surface area contributed by atoms with Crippen LogP contribution in [0.1, 0.15) is 55.4 Å². The summed E-state index contributed by atoms with van der Waals surface area (Å²) in [4.78, 5) is 11.9. The van der Waals surface area contributed by atoms with Crippen LogP contribution in [0.3, 0.4) is 0 Å². The van der Waals surface area contributed by atoms with E-state index in [1.165, 1.54) is 0 Å². The smallest absolute Gasteiger partial charge is 0.192 e. The van der Waals surface area contributed by atoms with Gasteiger partial charge in [0, 0.05) is 5.92 Å². The largest absolute Gasteiger partial charge is 0.410 e. The number of aldehydes is 1. The summed E-state index contributed by atoms with van der Waals surface area (Å²) in [6, 6.07) is 0. The lowest BCUT2D eigenvalue weighted by molar-refractivity contribution is -0.159. The van der Waals surface area contributed by atoms with Gasteiger partial charge in [0.15, 0.2) is 14.1 Å². The molecule has 1 fully saturated rings. The van der Waals surface area contributed by atoms with Gasteiger partial charge in [-0.15, -0.1) is 0 Å². The standard InChI is InChI=1S/C18H36O4Si/c1-16(2,3)13(11-19)15(14-12-20-18(7,8)21-14)22-23(9,10)17(4,5)6/h11,13-15H,12H2,1-10H3/t13-,14-,15+/m1/s1. The Morgan fingerprint density at radius 2 is 1.70 bits per heavy atom. The van der Waals surface area contributed by atoms with Gasteiger partial charge >= 0.3 is 0 Å². The Kier molecular flexibility index (Phi) is 5.95. The van der Waals surface area contributed by atoms with Crippen LogP contribution in [-0.2, 0) is 18.7 Å². The lowest BCUT2D eigenvalue weighted by atomic mass is 9.77. The van der Waals surface area contributed by atoms with Crippen LogP contribution in [0, 0.1) is 11.3 Å². The lowest BCUT2D eigenvalue weighted by Crippen LogP contribution is -2.53. The van der Waals surface area contributed by atoms with E-state index in [4.69, 9.17) is 13.9 Å². The van der Waals surface area contributed by atoms with E-state index in [0.29, 0.717) is 6.61 Å². The van der Waals surface area contributed by atoms with Gasteiger partial charge in [-0.2, -0.15) is 0 Å². The summed E-state index contributed by atoms with van der Waals surface area (Å²) < 4.78 is 18.5. The molecule has 0 bridgehead atoms. The highest BCUT2D eigenvalue weighted by Crippen LogP contribution is 2.42. The maximum absolute atomic E-state index is 11.9. The van der Waals surface area contributed by atoms with Crippen LogP contribution >= 0.6 is 0 Å². The zero-order valence-corrected chi connectivity index (χ0v) is 17.6. The Hall–Kier alpha value is -0.233. The first-order valence-corrected chi connectivity index (χ1v) is 11.5. The summed E-state index contributed by atoms with van der Waals surface area (Å²) in [6.07, 6.45) is 0.538. The predicted octanol–water partition coefficient (Wildman–Crippen LogP) is 4.39. The molecule has 5 heteroatoms. The van der Waals surface area contributed by atoms with Crippen LogP contribution in [0.15, 0.2) is 0 Å². The van der Waals surface area contributed by atoms with Crippen molar-refractivity contribution in [3.8, 4) is 0 Å². The number of ether oxygens (including phenoxy) is 2. The van der Waals surface area contributed by atoms with E-state index in [2.05, 4.69) is 54.6 Å². The highest BCUT2D eigenvalue weighted by Gasteiger charge is 2.49. The summed E-state index contributed by atoms with van der Waals surface area (Å²) in [7, 11) is -2.03. The summed E-state index contributed by atoms with van der Waals surface area (Å²) in [5.74, 6) is -0.857. The molecule has 1 saturated heterocycles. The third-order valence-electron chi connectivity index (χ3n) is 5.13. The molecule has 0 aliphatic carbocycles. The summed E-state index contributed by atoms with van der Waals surface area (Å²) in [5, 5.41) is 0.0749. The summed E-state index contributed by atoms with van der Waals surface area (Å²) in [6.45, 7) is 21.6. The molecule has 4 nitrogen and oxygen atoms in total. The first-order chi connectivity index (χ1) is 10.1. The van der Waals surface area contributed by atoms with Gasteiger partial charge in [0.1, 0.15) is 12.4 Å². The molecule has 0 aromatic carbocycles. The second-order valence-electron chi connectivity index (χ2n) is 9.74. The van der Waals surface area contributed by atoms with Crippen LogP contribution < -0.4 is 0 Å². The molecule has 1 rings (SSSR count). The molecule has 1 aliphatic rings. The van der Waals surface area contributed by atoms with Gasteiger partial charge in [0.25, 0.3) is 0 Å². The van der Waals surface area contributed by atoms with Gasteiger partial charge in [-0.05, 0) is 37.4 Å². The van der Waals surface area contributed by atoms with Crippen molar-refractivity contribution >= 4 is 14.6 Å². The second kappa shape index (κ2) is 6.58. The molecule has 0 saturated carbocycles. The molecular weight excluding hydrogens is 308 g/mol. The number of carbonyl (C=O) groups excluding carboxylic acids is 1.